The summed E-state index contributed by atoms with van der Waals surface area (Å²) >= 11 is 0. The molecule has 0 atom stereocenters. The van der Waals surface area contributed by atoms with E-state index in [0.29, 0.717) is 18.7 Å². The van der Waals surface area contributed by atoms with Crippen molar-refractivity contribution < 1.29 is 4.79 Å². The molecule has 0 aliphatic rings. The average molecular weight is 259 g/mol. The molecule has 2 aromatic rings. The van der Waals surface area contributed by atoms with Gasteiger partial charge in [-0.05, 0) is 24.1 Å². The topological polar surface area (TPSA) is 70.0 Å². The fraction of sp³-hybridized carbons (Fsp3) is 0.286. The third kappa shape index (κ3) is 2.93. The number of primary amides is 1. The summed E-state index contributed by atoms with van der Waals surface area (Å²) in [7, 11) is 0. The molecule has 0 fully saturated rings. The highest BCUT2D eigenvalue weighted by Gasteiger charge is 2.05. The number of rotatable bonds is 5. The van der Waals surface area contributed by atoms with Gasteiger partial charge in [0.05, 0.1) is 6.54 Å². The molecular formula is C14H17N3O2. The van der Waals surface area contributed by atoms with E-state index in [9.17, 15) is 9.59 Å². The summed E-state index contributed by atoms with van der Waals surface area (Å²) in [6.45, 7) is 3.18. The minimum Gasteiger partial charge on any atom is -0.366 e. The Morgan fingerprint density at radius 1 is 1.26 bits per heavy atom. The number of hydrogen-bond donors (Lipinski definition) is 1. The molecule has 1 amide bonds. The Labute approximate surface area is 111 Å². The van der Waals surface area contributed by atoms with Crippen molar-refractivity contribution >= 4 is 5.91 Å². The molecule has 0 unspecified atom stereocenters. The molecule has 5 heteroatoms. The molecule has 100 valence electrons. The number of aromatic nitrogens is 2. The lowest BCUT2D eigenvalue weighted by molar-refractivity contribution is 0.1000. The van der Waals surface area contributed by atoms with Crippen molar-refractivity contribution in [2.45, 2.75) is 26.4 Å². The van der Waals surface area contributed by atoms with Crippen LogP contribution in [0.3, 0.4) is 0 Å². The predicted octanol–water partition coefficient (Wildman–Crippen LogP) is 1.21. The van der Waals surface area contributed by atoms with E-state index in [1.807, 2.05) is 13.0 Å². The number of hydrogen-bond acceptors (Lipinski definition) is 2. The Hall–Kier alpha value is -2.30. The lowest BCUT2D eigenvalue weighted by atomic mass is 10.1. The number of carbonyl (C=O) groups excluding carboxylic acids is 1. The molecule has 0 saturated carbocycles. The van der Waals surface area contributed by atoms with Crippen molar-refractivity contribution in [1.82, 2.24) is 9.13 Å². The van der Waals surface area contributed by atoms with Gasteiger partial charge >= 0.3 is 5.69 Å². The van der Waals surface area contributed by atoms with E-state index in [4.69, 9.17) is 5.73 Å². The highest BCUT2D eigenvalue weighted by molar-refractivity contribution is 5.92. The first-order valence-corrected chi connectivity index (χ1v) is 6.26. The Bertz CT molecular complexity index is 640. The number of benzene rings is 1. The molecule has 0 aliphatic heterocycles. The van der Waals surface area contributed by atoms with Crippen LogP contribution in [0.1, 0.15) is 29.3 Å². The quantitative estimate of drug-likeness (QED) is 0.876. The Morgan fingerprint density at radius 2 is 2.00 bits per heavy atom. The highest BCUT2D eigenvalue weighted by atomic mass is 16.2. The molecular weight excluding hydrogens is 242 g/mol. The van der Waals surface area contributed by atoms with Crippen molar-refractivity contribution in [2.24, 2.45) is 5.73 Å². The fourth-order valence-corrected chi connectivity index (χ4v) is 2.00. The van der Waals surface area contributed by atoms with E-state index >= 15 is 0 Å². The fourth-order valence-electron chi connectivity index (χ4n) is 2.00. The predicted molar refractivity (Wildman–Crippen MR) is 73.0 cm³/mol. The van der Waals surface area contributed by atoms with E-state index in [0.717, 1.165) is 12.0 Å². The number of carbonyl (C=O) groups is 1. The number of amides is 1. The van der Waals surface area contributed by atoms with Gasteiger partial charge < -0.3 is 5.73 Å². The van der Waals surface area contributed by atoms with Crippen LogP contribution in [0.25, 0.3) is 0 Å². The maximum Gasteiger partial charge on any atom is 0.328 e. The van der Waals surface area contributed by atoms with E-state index in [1.165, 1.54) is 0 Å². The van der Waals surface area contributed by atoms with Crippen LogP contribution in [0, 0.1) is 0 Å². The summed E-state index contributed by atoms with van der Waals surface area (Å²) in [5.74, 6) is -0.460. The monoisotopic (exact) mass is 259 g/mol. The van der Waals surface area contributed by atoms with Gasteiger partial charge in [0.15, 0.2) is 0 Å². The van der Waals surface area contributed by atoms with Crippen molar-refractivity contribution in [3.63, 3.8) is 0 Å². The van der Waals surface area contributed by atoms with E-state index in [2.05, 4.69) is 0 Å². The molecule has 0 aliphatic carbocycles. The lowest BCUT2D eigenvalue weighted by Gasteiger charge is -2.04. The van der Waals surface area contributed by atoms with Gasteiger partial charge in [0.2, 0.25) is 5.91 Å². The Morgan fingerprint density at radius 3 is 2.68 bits per heavy atom. The van der Waals surface area contributed by atoms with Crippen LogP contribution in [-0.2, 0) is 13.1 Å². The SMILES string of the molecule is CCCn1ccn(Cc2cccc(C(N)=O)c2)c1=O. The van der Waals surface area contributed by atoms with Gasteiger partial charge in [0.25, 0.3) is 0 Å². The third-order valence-corrected chi connectivity index (χ3v) is 2.95. The minimum absolute atomic E-state index is 0.0358. The molecule has 2 N–H and O–H groups in total. The molecule has 1 aromatic carbocycles. The maximum atomic E-state index is 12.0. The first kappa shape index (κ1) is 13.1. The number of nitrogens with zero attached hydrogens (tertiary/aromatic N) is 2. The van der Waals surface area contributed by atoms with Crippen molar-refractivity contribution in [3.8, 4) is 0 Å². The van der Waals surface area contributed by atoms with Gasteiger partial charge in [-0.25, -0.2) is 4.79 Å². The summed E-state index contributed by atoms with van der Waals surface area (Å²) in [6, 6.07) is 7.02. The maximum absolute atomic E-state index is 12.0. The summed E-state index contributed by atoms with van der Waals surface area (Å²) in [4.78, 5) is 23.1. The smallest absolute Gasteiger partial charge is 0.328 e. The Balaban J connectivity index is 2.24. The normalized spacial score (nSPS) is 10.6. The van der Waals surface area contributed by atoms with E-state index in [1.54, 1.807) is 39.7 Å². The van der Waals surface area contributed by atoms with Crippen LogP contribution >= 0.6 is 0 Å². The second-order valence-corrected chi connectivity index (χ2v) is 4.47. The molecule has 0 saturated heterocycles. The van der Waals surface area contributed by atoms with Gasteiger partial charge in [0.1, 0.15) is 0 Å². The van der Waals surface area contributed by atoms with Crippen LogP contribution in [0.2, 0.25) is 0 Å². The first-order chi connectivity index (χ1) is 9.11. The lowest BCUT2D eigenvalue weighted by Crippen LogP contribution is -2.24. The zero-order chi connectivity index (χ0) is 13.8. The minimum atomic E-state index is -0.460. The molecule has 19 heavy (non-hydrogen) atoms. The molecule has 1 aromatic heterocycles. The summed E-state index contributed by atoms with van der Waals surface area (Å²) < 4.78 is 3.30. The number of aryl methyl sites for hydroxylation is 1. The third-order valence-electron chi connectivity index (χ3n) is 2.95. The summed E-state index contributed by atoms with van der Waals surface area (Å²) in [6.07, 6.45) is 4.46. The van der Waals surface area contributed by atoms with Crippen LogP contribution < -0.4 is 11.4 Å². The second-order valence-electron chi connectivity index (χ2n) is 4.47. The zero-order valence-electron chi connectivity index (χ0n) is 10.9. The summed E-state index contributed by atoms with van der Waals surface area (Å²) in [5.41, 5.74) is 6.54. The van der Waals surface area contributed by atoms with Crippen LogP contribution in [-0.4, -0.2) is 15.0 Å². The molecule has 0 radical (unpaired) electrons. The van der Waals surface area contributed by atoms with Gasteiger partial charge in [-0.2, -0.15) is 0 Å². The first-order valence-electron chi connectivity index (χ1n) is 6.26. The van der Waals surface area contributed by atoms with Gasteiger partial charge in [-0.15, -0.1) is 0 Å². The van der Waals surface area contributed by atoms with E-state index in [-0.39, 0.29) is 5.69 Å². The van der Waals surface area contributed by atoms with Crippen molar-refractivity contribution in [3.05, 3.63) is 58.3 Å². The van der Waals surface area contributed by atoms with Gasteiger partial charge in [0, 0.05) is 24.5 Å². The average Bonchev–Trinajstić information content (AvgIpc) is 2.72. The standard InChI is InChI=1S/C14H17N3O2/c1-2-6-16-7-8-17(14(16)19)10-11-4-3-5-12(9-11)13(15)18/h3-5,7-9H,2,6,10H2,1H3,(H2,15,18). The van der Waals surface area contributed by atoms with Crippen LogP contribution in [0.5, 0.6) is 0 Å². The van der Waals surface area contributed by atoms with Crippen molar-refractivity contribution in [1.29, 1.82) is 0 Å². The molecule has 1 heterocycles. The van der Waals surface area contributed by atoms with Crippen LogP contribution in [0.15, 0.2) is 41.5 Å². The van der Waals surface area contributed by atoms with Crippen molar-refractivity contribution in [2.75, 3.05) is 0 Å². The molecule has 0 bridgehead atoms. The van der Waals surface area contributed by atoms with Gasteiger partial charge in [-0.3, -0.25) is 13.9 Å². The molecule has 0 spiro atoms. The number of nitrogens with two attached hydrogens (primary N) is 1. The van der Waals surface area contributed by atoms with Gasteiger partial charge in [-0.1, -0.05) is 19.1 Å². The largest absolute Gasteiger partial charge is 0.366 e. The zero-order valence-corrected chi connectivity index (χ0v) is 10.9. The highest BCUT2D eigenvalue weighted by Crippen LogP contribution is 2.06. The second kappa shape index (κ2) is 5.56. The molecule has 2 rings (SSSR count). The van der Waals surface area contributed by atoms with E-state index < -0.39 is 5.91 Å². The Kier molecular flexibility index (Phi) is 3.85. The number of imidazole rings is 1. The molecule has 5 nitrogen and oxygen atoms in total. The van der Waals surface area contributed by atoms with Crippen LogP contribution in [0.4, 0.5) is 0 Å². The summed E-state index contributed by atoms with van der Waals surface area (Å²) in [5, 5.41) is 0.